The molecule has 0 unspecified atom stereocenters. The molecule has 0 aliphatic heterocycles. The van der Waals surface area contributed by atoms with Crippen LogP contribution in [0.5, 0.6) is 0 Å². The van der Waals surface area contributed by atoms with E-state index in [1.165, 1.54) is 28.6 Å². The van der Waals surface area contributed by atoms with Gasteiger partial charge in [0.15, 0.2) is 5.16 Å². The second-order valence-electron chi connectivity index (χ2n) is 7.86. The molecule has 3 aromatic heterocycles. The van der Waals surface area contributed by atoms with Crippen LogP contribution in [0.4, 0.5) is 0 Å². The first kappa shape index (κ1) is 22.1. The molecule has 5 rings (SSSR count). The Labute approximate surface area is 203 Å². The van der Waals surface area contributed by atoms with Gasteiger partial charge in [-0.05, 0) is 43.4 Å². The molecule has 0 saturated heterocycles. The third-order valence-electron chi connectivity index (χ3n) is 5.67. The summed E-state index contributed by atoms with van der Waals surface area (Å²) in [5.74, 6) is 0.162. The standard InChI is InChI=1S/C24H22N4O2S3/c1-2-11-28-23(30)19-17-5-3-4-6-18(17)33-22(19)27-24(28)32-13-16-12-31-21(26-16)15-9-7-14(8-10-15)20(25)29/h2,7-10,12H,1,3-6,11,13H2,(H2,25,29). The number of thiophene rings is 1. The Hall–Kier alpha value is -2.75. The first-order valence-electron chi connectivity index (χ1n) is 10.7. The number of rotatable bonds is 7. The Morgan fingerprint density at radius 3 is 2.76 bits per heavy atom. The molecule has 168 valence electrons. The fourth-order valence-corrected chi connectivity index (χ4v) is 7.18. The molecule has 3 heterocycles. The zero-order valence-corrected chi connectivity index (χ0v) is 20.3. The molecule has 1 aliphatic rings. The van der Waals surface area contributed by atoms with Crippen molar-refractivity contribution >= 4 is 50.6 Å². The van der Waals surface area contributed by atoms with Crippen molar-refractivity contribution in [3.63, 3.8) is 0 Å². The highest BCUT2D eigenvalue weighted by Crippen LogP contribution is 2.35. The molecule has 4 aromatic rings. The van der Waals surface area contributed by atoms with Gasteiger partial charge in [0.25, 0.3) is 5.56 Å². The van der Waals surface area contributed by atoms with E-state index in [0.29, 0.717) is 23.0 Å². The van der Waals surface area contributed by atoms with E-state index in [2.05, 4.69) is 6.58 Å². The Kier molecular flexibility index (Phi) is 6.18. The van der Waals surface area contributed by atoms with Gasteiger partial charge in [-0.25, -0.2) is 9.97 Å². The highest BCUT2D eigenvalue weighted by molar-refractivity contribution is 7.98. The van der Waals surface area contributed by atoms with Crippen molar-refractivity contribution in [1.82, 2.24) is 14.5 Å². The van der Waals surface area contributed by atoms with Crippen LogP contribution >= 0.6 is 34.4 Å². The molecule has 9 heteroatoms. The molecule has 0 spiro atoms. The number of amides is 1. The summed E-state index contributed by atoms with van der Waals surface area (Å²) in [6, 6.07) is 7.12. The molecule has 0 fully saturated rings. The van der Waals surface area contributed by atoms with Crippen LogP contribution in [0.1, 0.15) is 39.3 Å². The van der Waals surface area contributed by atoms with Gasteiger partial charge in [0, 0.05) is 33.7 Å². The minimum absolute atomic E-state index is 0.0373. The monoisotopic (exact) mass is 494 g/mol. The summed E-state index contributed by atoms with van der Waals surface area (Å²) >= 11 is 4.74. The number of fused-ring (bicyclic) bond motifs is 3. The SMILES string of the molecule is C=CCn1c(SCc2csc(-c3ccc(C(N)=O)cc3)n2)nc2sc3c(c2c1=O)CCCC3. The second kappa shape index (κ2) is 9.24. The van der Waals surface area contributed by atoms with Crippen LogP contribution in [0.2, 0.25) is 0 Å². The lowest BCUT2D eigenvalue weighted by Crippen LogP contribution is -2.23. The quantitative estimate of drug-likeness (QED) is 0.221. The van der Waals surface area contributed by atoms with Crippen LogP contribution in [0.3, 0.4) is 0 Å². The maximum absolute atomic E-state index is 13.4. The average Bonchev–Trinajstić information content (AvgIpc) is 3.44. The Morgan fingerprint density at radius 1 is 1.21 bits per heavy atom. The highest BCUT2D eigenvalue weighted by Gasteiger charge is 2.22. The number of hydrogen-bond donors (Lipinski definition) is 1. The van der Waals surface area contributed by atoms with Gasteiger partial charge >= 0.3 is 0 Å². The van der Waals surface area contributed by atoms with Crippen LogP contribution in [0, 0.1) is 0 Å². The van der Waals surface area contributed by atoms with Gasteiger partial charge in [-0.1, -0.05) is 30.0 Å². The Morgan fingerprint density at radius 2 is 2.00 bits per heavy atom. The van der Waals surface area contributed by atoms with Crippen molar-refractivity contribution in [3.8, 4) is 10.6 Å². The average molecular weight is 495 g/mol. The summed E-state index contributed by atoms with van der Waals surface area (Å²) in [6.07, 6.45) is 6.07. The van der Waals surface area contributed by atoms with Gasteiger partial charge in [-0.2, -0.15) is 0 Å². The lowest BCUT2D eigenvalue weighted by Gasteiger charge is -2.12. The minimum atomic E-state index is -0.445. The smallest absolute Gasteiger partial charge is 0.263 e. The fraction of sp³-hybridized carbons (Fsp3) is 0.250. The lowest BCUT2D eigenvalue weighted by molar-refractivity contribution is 0.100. The van der Waals surface area contributed by atoms with Crippen molar-refractivity contribution in [1.29, 1.82) is 0 Å². The highest BCUT2D eigenvalue weighted by atomic mass is 32.2. The molecule has 1 aliphatic carbocycles. The summed E-state index contributed by atoms with van der Waals surface area (Å²) in [5.41, 5.74) is 8.90. The first-order valence-corrected chi connectivity index (χ1v) is 13.4. The van der Waals surface area contributed by atoms with Crippen LogP contribution < -0.4 is 11.3 Å². The van der Waals surface area contributed by atoms with E-state index >= 15 is 0 Å². The minimum Gasteiger partial charge on any atom is -0.366 e. The second-order valence-corrected chi connectivity index (χ2v) is 10.7. The van der Waals surface area contributed by atoms with E-state index < -0.39 is 5.91 Å². The third kappa shape index (κ3) is 4.28. The normalized spacial score (nSPS) is 13.2. The summed E-state index contributed by atoms with van der Waals surface area (Å²) in [7, 11) is 0. The molecular formula is C24H22N4O2S3. The molecule has 6 nitrogen and oxygen atoms in total. The zero-order valence-electron chi connectivity index (χ0n) is 17.9. The fourth-order valence-electron chi connectivity index (χ4n) is 4.04. The maximum atomic E-state index is 13.4. The Balaban J connectivity index is 1.41. The summed E-state index contributed by atoms with van der Waals surface area (Å²) in [6.45, 7) is 4.27. The van der Waals surface area contributed by atoms with Crippen molar-refractivity contribution in [2.24, 2.45) is 5.73 Å². The number of thioether (sulfide) groups is 1. The first-order chi connectivity index (χ1) is 16.0. The summed E-state index contributed by atoms with van der Waals surface area (Å²) in [5, 5.41) is 4.39. The predicted octanol–water partition coefficient (Wildman–Crippen LogP) is 5.04. The topological polar surface area (TPSA) is 90.9 Å². The van der Waals surface area contributed by atoms with Crippen molar-refractivity contribution in [3.05, 3.63) is 74.4 Å². The Bertz CT molecular complexity index is 1420. The van der Waals surface area contributed by atoms with Gasteiger partial charge in [0.05, 0.1) is 11.1 Å². The number of nitrogens with two attached hydrogens (primary N) is 1. The van der Waals surface area contributed by atoms with Crippen molar-refractivity contribution < 1.29 is 4.79 Å². The number of carbonyl (C=O) groups is 1. The largest absolute Gasteiger partial charge is 0.366 e. The molecule has 0 saturated carbocycles. The van der Waals surface area contributed by atoms with E-state index in [1.54, 1.807) is 45.4 Å². The van der Waals surface area contributed by atoms with Crippen molar-refractivity contribution in [2.75, 3.05) is 0 Å². The van der Waals surface area contributed by atoms with Crippen LogP contribution in [-0.2, 0) is 25.1 Å². The van der Waals surface area contributed by atoms with Crippen LogP contribution in [0.15, 0.2) is 52.3 Å². The number of allylic oxidation sites excluding steroid dienone is 1. The molecule has 0 bridgehead atoms. The van der Waals surface area contributed by atoms with Gasteiger partial charge in [0.1, 0.15) is 9.84 Å². The number of nitrogens with zero attached hydrogens (tertiary/aromatic N) is 3. The number of benzene rings is 1. The van der Waals surface area contributed by atoms with Gasteiger partial charge < -0.3 is 5.73 Å². The summed E-state index contributed by atoms with van der Waals surface area (Å²) in [4.78, 5) is 36.4. The number of primary amides is 1. The maximum Gasteiger partial charge on any atom is 0.263 e. The number of aromatic nitrogens is 3. The van der Waals surface area contributed by atoms with Gasteiger partial charge in [-0.3, -0.25) is 14.2 Å². The molecular weight excluding hydrogens is 472 g/mol. The third-order valence-corrected chi connectivity index (χ3v) is 8.80. The molecule has 33 heavy (non-hydrogen) atoms. The molecule has 0 radical (unpaired) electrons. The lowest BCUT2D eigenvalue weighted by atomic mass is 9.97. The molecule has 0 atom stereocenters. The van der Waals surface area contributed by atoms with Gasteiger partial charge in [-0.15, -0.1) is 29.3 Å². The van der Waals surface area contributed by atoms with E-state index in [9.17, 15) is 9.59 Å². The van der Waals surface area contributed by atoms with E-state index in [0.717, 1.165) is 45.7 Å². The van der Waals surface area contributed by atoms with Crippen molar-refractivity contribution in [2.45, 2.75) is 43.1 Å². The number of thiazole rings is 1. The van der Waals surface area contributed by atoms with Crippen LogP contribution in [0.25, 0.3) is 20.8 Å². The van der Waals surface area contributed by atoms with E-state index in [4.69, 9.17) is 15.7 Å². The number of carbonyl (C=O) groups excluding carboxylic acids is 1. The van der Waals surface area contributed by atoms with Gasteiger partial charge in [0.2, 0.25) is 5.91 Å². The van der Waals surface area contributed by atoms with E-state index in [1.807, 2.05) is 17.5 Å². The summed E-state index contributed by atoms with van der Waals surface area (Å²) < 4.78 is 1.73. The predicted molar refractivity (Wildman–Crippen MR) is 136 cm³/mol. The number of aryl methyl sites for hydroxylation is 2. The zero-order chi connectivity index (χ0) is 22.9. The molecule has 2 N–H and O–H groups in total. The molecule has 1 amide bonds. The number of hydrogen-bond acceptors (Lipinski definition) is 7. The molecule has 1 aromatic carbocycles. The van der Waals surface area contributed by atoms with Crippen LogP contribution in [-0.4, -0.2) is 20.4 Å². The van der Waals surface area contributed by atoms with E-state index in [-0.39, 0.29) is 5.56 Å².